The molecule has 0 radical (unpaired) electrons. The molecule has 3 rings (SSSR count). The predicted octanol–water partition coefficient (Wildman–Crippen LogP) is 2.94. The first kappa shape index (κ1) is 12.5. The van der Waals surface area contributed by atoms with Crippen molar-refractivity contribution in [1.82, 2.24) is 4.98 Å². The number of hydrogen-bond donors (Lipinski definition) is 1. The largest absolute Gasteiger partial charge is 0.477 e. The Kier molecular flexibility index (Phi) is 3.17. The number of carboxylic acids is 1. The smallest absolute Gasteiger partial charge is 0.354 e. The molecule has 2 aliphatic rings. The monoisotopic (exact) mass is 260 g/mol. The first-order chi connectivity index (χ1) is 9.19. The Morgan fingerprint density at radius 1 is 1.21 bits per heavy atom. The summed E-state index contributed by atoms with van der Waals surface area (Å²) in [6.45, 7) is 2.09. The van der Waals surface area contributed by atoms with Crippen molar-refractivity contribution in [2.24, 2.45) is 5.41 Å². The van der Waals surface area contributed by atoms with E-state index in [-0.39, 0.29) is 5.69 Å². The van der Waals surface area contributed by atoms with Gasteiger partial charge in [-0.15, -0.1) is 0 Å². The van der Waals surface area contributed by atoms with Crippen LogP contribution >= 0.6 is 0 Å². The van der Waals surface area contributed by atoms with E-state index in [9.17, 15) is 4.79 Å². The summed E-state index contributed by atoms with van der Waals surface area (Å²) < 4.78 is 0. The quantitative estimate of drug-likeness (QED) is 0.888. The van der Waals surface area contributed by atoms with Gasteiger partial charge in [-0.05, 0) is 43.2 Å². The summed E-state index contributed by atoms with van der Waals surface area (Å²) in [5.74, 6) is -0.953. The Morgan fingerprint density at radius 3 is 2.53 bits per heavy atom. The molecule has 1 aromatic heterocycles. The highest BCUT2D eigenvalue weighted by molar-refractivity contribution is 5.86. The maximum atomic E-state index is 11.0. The van der Waals surface area contributed by atoms with Crippen LogP contribution in [0.3, 0.4) is 0 Å². The van der Waals surface area contributed by atoms with E-state index >= 15 is 0 Å². The molecule has 1 aromatic rings. The van der Waals surface area contributed by atoms with Crippen LogP contribution in [-0.2, 0) is 0 Å². The van der Waals surface area contributed by atoms with Crippen molar-refractivity contribution in [1.29, 1.82) is 0 Å². The molecule has 1 spiro atoms. The van der Waals surface area contributed by atoms with E-state index < -0.39 is 5.97 Å². The van der Waals surface area contributed by atoms with Gasteiger partial charge in [-0.3, -0.25) is 0 Å². The molecule has 1 aliphatic carbocycles. The summed E-state index contributed by atoms with van der Waals surface area (Å²) in [6, 6.07) is 3.61. The van der Waals surface area contributed by atoms with Gasteiger partial charge in [0.2, 0.25) is 0 Å². The summed E-state index contributed by atoms with van der Waals surface area (Å²) >= 11 is 0. The van der Waals surface area contributed by atoms with Crippen molar-refractivity contribution < 1.29 is 9.90 Å². The second-order valence-electron chi connectivity index (χ2n) is 5.90. The highest BCUT2D eigenvalue weighted by Gasteiger charge is 2.36. The van der Waals surface area contributed by atoms with Gasteiger partial charge in [0.25, 0.3) is 0 Å². The zero-order valence-corrected chi connectivity index (χ0v) is 11.1. The van der Waals surface area contributed by atoms with Crippen LogP contribution < -0.4 is 4.90 Å². The lowest BCUT2D eigenvalue weighted by molar-refractivity contribution is 0.0690. The average molecular weight is 260 g/mol. The molecule has 2 fully saturated rings. The van der Waals surface area contributed by atoms with Crippen molar-refractivity contribution in [3.63, 3.8) is 0 Å². The number of aromatic carboxylic acids is 1. The molecule has 1 saturated carbocycles. The number of carbonyl (C=O) groups is 1. The zero-order chi connectivity index (χ0) is 13.3. The second-order valence-corrected chi connectivity index (χ2v) is 5.90. The number of nitrogens with zero attached hydrogens (tertiary/aromatic N) is 2. The molecule has 2 heterocycles. The molecule has 1 N–H and O–H groups in total. The van der Waals surface area contributed by atoms with E-state index in [2.05, 4.69) is 9.88 Å². The van der Waals surface area contributed by atoms with Crippen molar-refractivity contribution in [2.75, 3.05) is 18.0 Å². The lowest BCUT2D eigenvalue weighted by Gasteiger charge is -2.40. The lowest BCUT2D eigenvalue weighted by Crippen LogP contribution is -2.38. The summed E-state index contributed by atoms with van der Waals surface area (Å²) in [4.78, 5) is 17.1. The highest BCUT2D eigenvalue weighted by Crippen LogP contribution is 2.46. The van der Waals surface area contributed by atoms with Gasteiger partial charge in [-0.2, -0.15) is 0 Å². The Balaban J connectivity index is 1.71. The van der Waals surface area contributed by atoms with Crippen LogP contribution in [0.1, 0.15) is 49.0 Å². The van der Waals surface area contributed by atoms with Gasteiger partial charge in [0.05, 0.1) is 0 Å². The van der Waals surface area contributed by atoms with Crippen LogP contribution in [0.5, 0.6) is 0 Å². The molecular weight excluding hydrogens is 240 g/mol. The van der Waals surface area contributed by atoms with E-state index in [1.165, 1.54) is 38.5 Å². The number of carboxylic acid groups (broad SMARTS) is 1. The van der Waals surface area contributed by atoms with Crippen molar-refractivity contribution in [3.8, 4) is 0 Å². The Hall–Kier alpha value is -1.58. The van der Waals surface area contributed by atoms with Crippen LogP contribution in [0, 0.1) is 5.41 Å². The van der Waals surface area contributed by atoms with E-state index in [1.54, 1.807) is 12.3 Å². The third kappa shape index (κ3) is 2.44. The van der Waals surface area contributed by atoms with Crippen LogP contribution in [0.4, 0.5) is 5.69 Å². The fourth-order valence-corrected chi connectivity index (χ4v) is 3.60. The first-order valence-corrected chi connectivity index (χ1v) is 7.13. The molecule has 0 amide bonds. The molecule has 1 aliphatic heterocycles. The van der Waals surface area contributed by atoms with Crippen LogP contribution in [0.15, 0.2) is 18.3 Å². The minimum atomic E-state index is -0.953. The van der Waals surface area contributed by atoms with E-state index in [0.29, 0.717) is 5.41 Å². The van der Waals surface area contributed by atoms with E-state index in [1.807, 2.05) is 6.07 Å². The third-order valence-electron chi connectivity index (χ3n) is 4.82. The minimum absolute atomic E-state index is 0.138. The van der Waals surface area contributed by atoms with Gasteiger partial charge in [-0.1, -0.05) is 12.8 Å². The Labute approximate surface area is 113 Å². The van der Waals surface area contributed by atoms with Crippen LogP contribution in [0.2, 0.25) is 0 Å². The number of hydrogen-bond acceptors (Lipinski definition) is 3. The minimum Gasteiger partial charge on any atom is -0.477 e. The number of anilines is 1. The van der Waals surface area contributed by atoms with Crippen molar-refractivity contribution >= 4 is 11.7 Å². The third-order valence-corrected chi connectivity index (χ3v) is 4.82. The van der Waals surface area contributed by atoms with E-state index in [0.717, 1.165) is 18.8 Å². The molecule has 19 heavy (non-hydrogen) atoms. The molecule has 4 nitrogen and oxygen atoms in total. The van der Waals surface area contributed by atoms with Crippen molar-refractivity contribution in [2.45, 2.75) is 38.5 Å². The Bertz CT molecular complexity index is 471. The molecule has 0 unspecified atom stereocenters. The zero-order valence-electron chi connectivity index (χ0n) is 11.1. The summed E-state index contributed by atoms with van der Waals surface area (Å²) in [5, 5.41) is 8.99. The normalized spacial score (nSPS) is 21.8. The maximum absolute atomic E-state index is 11.0. The topological polar surface area (TPSA) is 53.4 Å². The summed E-state index contributed by atoms with van der Waals surface area (Å²) in [5.41, 5.74) is 1.73. The maximum Gasteiger partial charge on any atom is 0.354 e. The van der Waals surface area contributed by atoms with Crippen LogP contribution in [0.25, 0.3) is 0 Å². The van der Waals surface area contributed by atoms with E-state index in [4.69, 9.17) is 5.11 Å². The molecule has 0 bridgehead atoms. The molecule has 4 heteroatoms. The van der Waals surface area contributed by atoms with Gasteiger partial charge < -0.3 is 10.0 Å². The number of pyridine rings is 1. The fourth-order valence-electron chi connectivity index (χ4n) is 3.60. The van der Waals surface area contributed by atoms with Crippen LogP contribution in [-0.4, -0.2) is 29.1 Å². The fraction of sp³-hybridized carbons (Fsp3) is 0.600. The molecule has 0 aromatic carbocycles. The standard InChI is InChI=1S/C15H20N2O2/c18-14(19)13-11-12(3-8-16-13)17-9-6-15(7-10-17)4-1-2-5-15/h3,8,11H,1-2,4-7,9-10H2,(H,18,19). The molecule has 1 saturated heterocycles. The molecule has 0 atom stereocenters. The van der Waals surface area contributed by atoms with Gasteiger partial charge in [-0.25, -0.2) is 9.78 Å². The Morgan fingerprint density at radius 2 is 1.89 bits per heavy atom. The molecular formula is C15H20N2O2. The highest BCUT2D eigenvalue weighted by atomic mass is 16.4. The molecule has 102 valence electrons. The number of aromatic nitrogens is 1. The summed E-state index contributed by atoms with van der Waals surface area (Å²) in [7, 11) is 0. The number of piperidine rings is 1. The van der Waals surface area contributed by atoms with Crippen molar-refractivity contribution in [3.05, 3.63) is 24.0 Å². The van der Waals surface area contributed by atoms with Gasteiger partial charge in [0, 0.05) is 25.0 Å². The average Bonchev–Trinajstić information content (AvgIpc) is 2.88. The van der Waals surface area contributed by atoms with Gasteiger partial charge in [0.1, 0.15) is 5.69 Å². The second kappa shape index (κ2) is 4.83. The SMILES string of the molecule is O=C(O)c1cc(N2CCC3(CCCC3)CC2)ccn1. The summed E-state index contributed by atoms with van der Waals surface area (Å²) in [6.07, 6.45) is 9.64. The van der Waals surface area contributed by atoms with Gasteiger partial charge in [0.15, 0.2) is 0 Å². The first-order valence-electron chi connectivity index (χ1n) is 7.13. The van der Waals surface area contributed by atoms with Gasteiger partial charge >= 0.3 is 5.97 Å². The predicted molar refractivity (Wildman–Crippen MR) is 73.5 cm³/mol. The lowest BCUT2D eigenvalue weighted by atomic mass is 9.77. The number of rotatable bonds is 2.